The Hall–Kier alpha value is -0.760. The number of hydrogen-bond acceptors (Lipinski definition) is 3. The Morgan fingerprint density at radius 2 is 1.85 bits per heavy atom. The standard InChI is InChI=1S/C12H15BrF3NO2S/c1-2-17(9-5-8-13)10-6-3-4-7-11(10)20(18,19)12(14,15)16/h3-4,6-7H,2,5,8-9H2,1H3. The van der Waals surface area contributed by atoms with Crippen LogP contribution in [0, 0.1) is 0 Å². The largest absolute Gasteiger partial charge is 0.501 e. The van der Waals surface area contributed by atoms with Crippen LogP contribution in [0.2, 0.25) is 0 Å². The van der Waals surface area contributed by atoms with E-state index in [1.54, 1.807) is 11.8 Å². The van der Waals surface area contributed by atoms with Gasteiger partial charge in [-0.05, 0) is 25.5 Å². The summed E-state index contributed by atoms with van der Waals surface area (Å²) in [6, 6.07) is 5.22. The second-order valence-electron chi connectivity index (χ2n) is 4.04. The first kappa shape index (κ1) is 17.3. The van der Waals surface area contributed by atoms with E-state index in [0.717, 1.165) is 6.07 Å². The number of rotatable bonds is 6. The fourth-order valence-electron chi connectivity index (χ4n) is 1.77. The van der Waals surface area contributed by atoms with Crippen LogP contribution < -0.4 is 4.90 Å². The number of nitrogens with zero attached hydrogens (tertiary/aromatic N) is 1. The number of anilines is 1. The zero-order chi connectivity index (χ0) is 15.4. The van der Waals surface area contributed by atoms with Crippen LogP contribution in [0.25, 0.3) is 0 Å². The van der Waals surface area contributed by atoms with Crippen molar-refractivity contribution in [1.82, 2.24) is 0 Å². The van der Waals surface area contributed by atoms with E-state index in [-0.39, 0.29) is 5.69 Å². The summed E-state index contributed by atoms with van der Waals surface area (Å²) in [6.07, 6.45) is 0.703. The maximum Gasteiger partial charge on any atom is 0.501 e. The van der Waals surface area contributed by atoms with E-state index in [0.29, 0.717) is 24.8 Å². The van der Waals surface area contributed by atoms with Crippen LogP contribution in [0.5, 0.6) is 0 Å². The van der Waals surface area contributed by atoms with Gasteiger partial charge in [0.1, 0.15) is 0 Å². The van der Waals surface area contributed by atoms with E-state index in [9.17, 15) is 21.6 Å². The molecule has 0 amide bonds. The Balaban J connectivity index is 3.30. The van der Waals surface area contributed by atoms with Crippen molar-refractivity contribution in [3.63, 3.8) is 0 Å². The van der Waals surface area contributed by atoms with Gasteiger partial charge in [0.05, 0.1) is 10.6 Å². The van der Waals surface area contributed by atoms with Gasteiger partial charge in [-0.15, -0.1) is 0 Å². The maximum absolute atomic E-state index is 12.7. The molecule has 0 aliphatic rings. The molecule has 3 nitrogen and oxygen atoms in total. The zero-order valence-corrected chi connectivity index (χ0v) is 13.2. The van der Waals surface area contributed by atoms with Crippen LogP contribution in [0.15, 0.2) is 29.2 Å². The lowest BCUT2D eigenvalue weighted by molar-refractivity contribution is -0.0435. The van der Waals surface area contributed by atoms with Gasteiger partial charge in [0.2, 0.25) is 0 Å². The van der Waals surface area contributed by atoms with Crippen molar-refractivity contribution >= 4 is 31.5 Å². The Labute approximate surface area is 124 Å². The van der Waals surface area contributed by atoms with E-state index in [1.165, 1.54) is 18.2 Å². The Bertz CT molecular complexity index is 546. The number of halogens is 4. The lowest BCUT2D eigenvalue weighted by Crippen LogP contribution is -2.29. The summed E-state index contributed by atoms with van der Waals surface area (Å²) in [7, 11) is -5.34. The normalized spacial score (nSPS) is 12.4. The molecule has 0 aliphatic heterocycles. The van der Waals surface area contributed by atoms with Gasteiger partial charge in [-0.25, -0.2) is 8.42 Å². The first-order valence-corrected chi connectivity index (χ1v) is 8.57. The molecule has 0 bridgehead atoms. The third kappa shape index (κ3) is 3.66. The molecule has 0 N–H and O–H groups in total. The molecule has 0 fully saturated rings. The van der Waals surface area contributed by atoms with E-state index in [1.807, 2.05) is 0 Å². The summed E-state index contributed by atoms with van der Waals surface area (Å²) >= 11 is 3.24. The van der Waals surface area contributed by atoms with Crippen molar-refractivity contribution in [3.8, 4) is 0 Å². The van der Waals surface area contributed by atoms with E-state index >= 15 is 0 Å². The van der Waals surface area contributed by atoms with Crippen LogP contribution >= 0.6 is 15.9 Å². The van der Waals surface area contributed by atoms with Crippen LogP contribution in [0.4, 0.5) is 18.9 Å². The van der Waals surface area contributed by atoms with Gasteiger partial charge in [-0.2, -0.15) is 13.2 Å². The van der Waals surface area contributed by atoms with Crippen molar-refractivity contribution in [2.24, 2.45) is 0 Å². The van der Waals surface area contributed by atoms with Gasteiger partial charge in [0.25, 0.3) is 9.84 Å². The highest BCUT2D eigenvalue weighted by molar-refractivity contribution is 9.09. The second kappa shape index (κ2) is 6.80. The van der Waals surface area contributed by atoms with Crippen LogP contribution in [-0.4, -0.2) is 32.3 Å². The lowest BCUT2D eigenvalue weighted by Gasteiger charge is -2.25. The number of para-hydroxylation sites is 1. The minimum atomic E-state index is -5.34. The molecule has 0 unspecified atom stereocenters. The molecular formula is C12H15BrF3NO2S. The molecule has 8 heteroatoms. The number of alkyl halides is 4. The molecule has 0 spiro atoms. The van der Waals surface area contributed by atoms with E-state index in [4.69, 9.17) is 0 Å². The Morgan fingerprint density at radius 3 is 2.35 bits per heavy atom. The summed E-state index contributed by atoms with van der Waals surface area (Å²) in [6.45, 7) is 2.68. The summed E-state index contributed by atoms with van der Waals surface area (Å²) < 4.78 is 61.3. The molecule has 0 atom stereocenters. The molecule has 0 saturated carbocycles. The Morgan fingerprint density at radius 1 is 1.25 bits per heavy atom. The van der Waals surface area contributed by atoms with Crippen molar-refractivity contribution in [2.45, 2.75) is 23.7 Å². The summed E-state index contributed by atoms with van der Waals surface area (Å²) in [4.78, 5) is 0.934. The molecule has 0 saturated heterocycles. The van der Waals surface area contributed by atoms with Gasteiger partial charge < -0.3 is 4.90 Å². The van der Waals surface area contributed by atoms with Gasteiger partial charge in [-0.1, -0.05) is 28.1 Å². The van der Waals surface area contributed by atoms with Crippen LogP contribution in [0.1, 0.15) is 13.3 Å². The summed E-state index contributed by atoms with van der Waals surface area (Å²) in [5.74, 6) is 0. The minimum Gasteiger partial charge on any atom is -0.371 e. The first-order chi connectivity index (χ1) is 9.25. The van der Waals surface area contributed by atoms with Gasteiger partial charge >= 0.3 is 5.51 Å². The molecule has 1 rings (SSSR count). The first-order valence-electron chi connectivity index (χ1n) is 5.97. The van der Waals surface area contributed by atoms with Crippen molar-refractivity contribution in [1.29, 1.82) is 0 Å². The predicted octanol–water partition coefficient (Wildman–Crippen LogP) is 3.59. The van der Waals surface area contributed by atoms with Crippen LogP contribution in [-0.2, 0) is 9.84 Å². The quantitative estimate of drug-likeness (QED) is 0.715. The summed E-state index contributed by atoms with van der Waals surface area (Å²) in [5, 5.41) is 0.692. The monoisotopic (exact) mass is 373 g/mol. The lowest BCUT2D eigenvalue weighted by atomic mass is 10.2. The molecular weight excluding hydrogens is 359 g/mol. The fourth-order valence-corrected chi connectivity index (χ4v) is 3.00. The summed E-state index contributed by atoms with van der Waals surface area (Å²) in [5.41, 5.74) is -5.20. The van der Waals surface area contributed by atoms with Gasteiger partial charge in [0, 0.05) is 18.4 Å². The minimum absolute atomic E-state index is 0.0910. The van der Waals surface area contributed by atoms with E-state index < -0.39 is 20.2 Å². The number of hydrogen-bond donors (Lipinski definition) is 0. The van der Waals surface area contributed by atoms with Crippen LogP contribution in [0.3, 0.4) is 0 Å². The highest BCUT2D eigenvalue weighted by Crippen LogP contribution is 2.35. The molecule has 0 heterocycles. The van der Waals surface area contributed by atoms with E-state index in [2.05, 4.69) is 15.9 Å². The highest BCUT2D eigenvalue weighted by Gasteiger charge is 2.48. The zero-order valence-electron chi connectivity index (χ0n) is 10.8. The molecule has 1 aromatic rings. The van der Waals surface area contributed by atoms with Crippen molar-refractivity contribution < 1.29 is 21.6 Å². The average molecular weight is 374 g/mol. The molecule has 0 aliphatic carbocycles. The third-order valence-electron chi connectivity index (χ3n) is 2.74. The van der Waals surface area contributed by atoms with Gasteiger partial charge in [-0.3, -0.25) is 0 Å². The SMILES string of the molecule is CCN(CCCBr)c1ccccc1S(=O)(=O)C(F)(F)F. The van der Waals surface area contributed by atoms with Gasteiger partial charge in [0.15, 0.2) is 0 Å². The molecule has 114 valence electrons. The molecule has 20 heavy (non-hydrogen) atoms. The Kier molecular flexibility index (Phi) is 5.88. The smallest absolute Gasteiger partial charge is 0.371 e. The van der Waals surface area contributed by atoms with Crippen molar-refractivity contribution in [3.05, 3.63) is 24.3 Å². The maximum atomic E-state index is 12.7. The second-order valence-corrected chi connectivity index (χ2v) is 6.74. The molecule has 0 radical (unpaired) electrons. The predicted molar refractivity (Wildman–Crippen MR) is 76.0 cm³/mol. The average Bonchev–Trinajstić information content (AvgIpc) is 2.38. The number of benzene rings is 1. The molecule has 0 aromatic heterocycles. The highest BCUT2D eigenvalue weighted by atomic mass is 79.9. The third-order valence-corrected chi connectivity index (χ3v) is 4.84. The topological polar surface area (TPSA) is 37.4 Å². The molecule has 1 aromatic carbocycles. The number of sulfone groups is 1. The fraction of sp³-hybridized carbons (Fsp3) is 0.500. The van der Waals surface area contributed by atoms with Crippen molar-refractivity contribution in [2.75, 3.05) is 23.3 Å².